The van der Waals surface area contributed by atoms with Gasteiger partial charge in [-0.2, -0.15) is 0 Å². The molecule has 0 amide bonds. The summed E-state index contributed by atoms with van der Waals surface area (Å²) in [5.41, 5.74) is 14.3. The number of aryl methyl sites for hydroxylation is 3. The molecular formula is C65H62ClN3O15S3. The smallest absolute Gasteiger partial charge is 0.339 e. The molecule has 452 valence electrons. The summed E-state index contributed by atoms with van der Waals surface area (Å²) in [7, 11) is 0.154. The van der Waals surface area contributed by atoms with Gasteiger partial charge in [0.25, 0.3) is 29.1 Å². The number of ether oxygens (including phenoxy) is 5. The fourth-order valence-electron chi connectivity index (χ4n) is 8.38. The minimum Gasteiger partial charge on any atom is -0.495 e. The van der Waals surface area contributed by atoms with Gasteiger partial charge in [-0.25, -0.2) is 39.6 Å². The third-order valence-electron chi connectivity index (χ3n) is 12.7. The van der Waals surface area contributed by atoms with Crippen LogP contribution in [0.15, 0.2) is 215 Å². The number of esters is 2. The number of carboxylic acids is 1. The Morgan fingerprint density at radius 3 is 1.07 bits per heavy atom. The molecule has 0 aliphatic heterocycles. The number of methoxy groups -OCH3 is 5. The van der Waals surface area contributed by atoms with Crippen molar-refractivity contribution in [2.75, 3.05) is 50.7 Å². The van der Waals surface area contributed by atoms with Crippen LogP contribution in [0.2, 0.25) is 0 Å². The number of anilines is 3. The minimum atomic E-state index is -4.07. The van der Waals surface area contributed by atoms with Gasteiger partial charge < -0.3 is 34.5 Å². The Kier molecular flexibility index (Phi) is 22.9. The first-order valence-electron chi connectivity index (χ1n) is 26.0. The molecule has 0 saturated heterocycles. The SMILES string of the molecule is COC(=O)c1ccc(-c2ccccc2)cc1N.COC(=O)c1ccc(-c2ccccc2)cc1NS(=O)(=O)c1cc(C)ccc1OC.COc1ccc(C)cc1S(=O)(=O)Cl.COc1ccc(C)cc1S(=O)(=O)Nc1cc(-c2ccccc2)ccc1C(=O)O. The summed E-state index contributed by atoms with van der Waals surface area (Å²) >= 11 is 0. The molecule has 9 aromatic carbocycles. The highest BCUT2D eigenvalue weighted by Gasteiger charge is 2.26. The van der Waals surface area contributed by atoms with Crippen molar-refractivity contribution in [2.24, 2.45) is 0 Å². The van der Waals surface area contributed by atoms with Crippen molar-refractivity contribution in [1.82, 2.24) is 0 Å². The number of nitrogen functional groups attached to an aromatic ring is 1. The van der Waals surface area contributed by atoms with Gasteiger partial charge in [-0.05, 0) is 144 Å². The lowest BCUT2D eigenvalue weighted by molar-refractivity contribution is 0.0593. The van der Waals surface area contributed by atoms with Crippen LogP contribution < -0.4 is 29.4 Å². The van der Waals surface area contributed by atoms with Crippen LogP contribution in [0.1, 0.15) is 47.8 Å². The number of carbonyl (C=O) groups excluding carboxylic acids is 2. The molecule has 0 saturated carbocycles. The maximum Gasteiger partial charge on any atom is 0.339 e. The van der Waals surface area contributed by atoms with E-state index in [2.05, 4.69) is 14.2 Å². The Bertz CT molecular complexity index is 4270. The van der Waals surface area contributed by atoms with Crippen LogP contribution in [0.25, 0.3) is 33.4 Å². The first kappa shape index (κ1) is 66.5. The second-order valence-corrected chi connectivity index (χ2v) is 24.7. The van der Waals surface area contributed by atoms with Crippen molar-refractivity contribution in [3.05, 3.63) is 234 Å². The van der Waals surface area contributed by atoms with Crippen molar-refractivity contribution in [3.8, 4) is 50.6 Å². The predicted octanol–water partition coefficient (Wildman–Crippen LogP) is 13.1. The summed E-state index contributed by atoms with van der Waals surface area (Å²) in [4.78, 5) is 35.1. The van der Waals surface area contributed by atoms with Crippen molar-refractivity contribution in [3.63, 3.8) is 0 Å². The monoisotopic (exact) mass is 1260 g/mol. The number of nitrogens with two attached hydrogens (primary N) is 1. The number of carboxylic acid groups (broad SMARTS) is 1. The van der Waals surface area contributed by atoms with Crippen LogP contribution in [-0.4, -0.2) is 83.8 Å². The van der Waals surface area contributed by atoms with Gasteiger partial charge >= 0.3 is 17.9 Å². The fourth-order valence-corrected chi connectivity index (χ4v) is 12.1. The number of rotatable bonds is 16. The predicted molar refractivity (Wildman–Crippen MR) is 338 cm³/mol. The number of halogens is 1. The summed E-state index contributed by atoms with van der Waals surface area (Å²) < 4.78 is 104. The number of aromatic carboxylic acids is 1. The molecule has 22 heteroatoms. The molecule has 18 nitrogen and oxygen atoms in total. The average molecular weight is 1260 g/mol. The molecule has 0 unspecified atom stereocenters. The van der Waals surface area contributed by atoms with Crippen LogP contribution in [0.4, 0.5) is 17.1 Å². The Balaban J connectivity index is 0.000000194. The molecule has 9 rings (SSSR count). The van der Waals surface area contributed by atoms with Crippen LogP contribution in [0, 0.1) is 20.8 Å². The molecule has 0 fully saturated rings. The number of benzene rings is 9. The van der Waals surface area contributed by atoms with Crippen molar-refractivity contribution in [2.45, 2.75) is 35.5 Å². The van der Waals surface area contributed by atoms with Gasteiger partial charge in [-0.3, -0.25) is 9.44 Å². The van der Waals surface area contributed by atoms with E-state index in [-0.39, 0.29) is 54.4 Å². The van der Waals surface area contributed by atoms with E-state index in [0.717, 1.165) is 44.5 Å². The number of hydrogen-bond donors (Lipinski definition) is 4. The second kappa shape index (κ2) is 29.9. The maximum atomic E-state index is 13.1. The summed E-state index contributed by atoms with van der Waals surface area (Å²) in [6.45, 7) is 5.33. The van der Waals surface area contributed by atoms with Crippen LogP contribution in [-0.2, 0) is 38.6 Å². The Morgan fingerprint density at radius 1 is 0.402 bits per heavy atom. The van der Waals surface area contributed by atoms with Gasteiger partial charge in [-0.15, -0.1) is 0 Å². The molecule has 0 bridgehead atoms. The van der Waals surface area contributed by atoms with E-state index in [4.69, 9.17) is 35.4 Å². The summed E-state index contributed by atoms with van der Waals surface area (Å²) in [5.74, 6) is -1.63. The zero-order valence-corrected chi connectivity index (χ0v) is 51.6. The number of carbonyl (C=O) groups is 3. The number of hydrogen-bond acceptors (Lipinski definition) is 15. The topological polar surface area (TPSA) is 270 Å². The first-order chi connectivity index (χ1) is 41.3. The van der Waals surface area contributed by atoms with Crippen molar-refractivity contribution in [1.29, 1.82) is 0 Å². The summed E-state index contributed by atoms with van der Waals surface area (Å²) in [5, 5.41) is 9.48. The van der Waals surface area contributed by atoms with Gasteiger partial charge in [0.2, 0.25) is 0 Å². The third-order valence-corrected chi connectivity index (χ3v) is 16.9. The molecule has 0 aliphatic carbocycles. The fraction of sp³-hybridized carbons (Fsp3) is 0.123. The summed E-state index contributed by atoms with van der Waals surface area (Å²) in [6, 6.07) is 57.8. The Labute approximate surface area is 510 Å². The second-order valence-electron chi connectivity index (χ2n) is 18.8. The van der Waals surface area contributed by atoms with E-state index in [1.165, 1.54) is 65.9 Å². The van der Waals surface area contributed by atoms with E-state index in [1.807, 2.05) is 97.1 Å². The van der Waals surface area contributed by atoms with Gasteiger partial charge in [0.05, 0.1) is 63.6 Å². The quantitative estimate of drug-likeness (QED) is 0.0398. The lowest BCUT2D eigenvalue weighted by Crippen LogP contribution is -2.17. The summed E-state index contributed by atoms with van der Waals surface area (Å²) in [6.07, 6.45) is 0. The minimum absolute atomic E-state index is 0.0108. The van der Waals surface area contributed by atoms with Crippen LogP contribution >= 0.6 is 10.7 Å². The molecule has 0 heterocycles. The molecule has 0 aliphatic rings. The molecule has 0 radical (unpaired) electrons. The Hall–Kier alpha value is -9.67. The molecule has 9 aromatic rings. The maximum absolute atomic E-state index is 13.1. The van der Waals surface area contributed by atoms with Crippen LogP contribution in [0.5, 0.6) is 17.2 Å². The van der Waals surface area contributed by atoms with Crippen LogP contribution in [0.3, 0.4) is 0 Å². The molecule has 87 heavy (non-hydrogen) atoms. The zero-order valence-electron chi connectivity index (χ0n) is 48.4. The average Bonchev–Trinajstić information content (AvgIpc) is 1.98. The normalized spacial score (nSPS) is 10.9. The van der Waals surface area contributed by atoms with Crippen molar-refractivity contribution < 1.29 is 68.4 Å². The largest absolute Gasteiger partial charge is 0.495 e. The van der Waals surface area contributed by atoms with E-state index < -0.39 is 47.0 Å². The molecule has 0 atom stereocenters. The molecule has 0 spiro atoms. The van der Waals surface area contributed by atoms with Crippen molar-refractivity contribution >= 4 is 74.7 Å². The highest BCUT2D eigenvalue weighted by molar-refractivity contribution is 8.13. The molecular weight excluding hydrogens is 1190 g/mol. The van der Waals surface area contributed by atoms with E-state index in [9.17, 15) is 44.7 Å². The number of sulfonamides is 2. The molecule has 5 N–H and O–H groups in total. The first-order valence-corrected chi connectivity index (χ1v) is 31.3. The zero-order chi connectivity index (χ0) is 63.6. The van der Waals surface area contributed by atoms with Gasteiger partial charge in [0.1, 0.15) is 31.9 Å². The van der Waals surface area contributed by atoms with Gasteiger partial charge in [-0.1, -0.05) is 127 Å². The third kappa shape index (κ3) is 17.7. The number of nitrogens with one attached hydrogen (secondary N) is 2. The standard InChI is InChI=1S/C22H21NO5S.C21H19NO5S.C14H13NO2.C8H9ClO3S/c1-15-9-12-20(27-2)21(13-15)29(25,26)23-19-14-17(16-7-5-4-6-8-16)10-11-18(19)22(24)28-3;1-14-8-11-19(27-2)20(12-14)28(25,26)22-18-13-16(9-10-17(18)21(23)24)15-6-4-3-5-7-15;1-17-14(16)12-8-7-11(9-13(12)15)10-5-3-2-4-6-10;1-6-3-4-7(12-2)8(5-6)13(9,10)11/h4-14,23H,1-3H3;3-13,22H,1-2H3,(H,23,24);2-9H,15H2,1H3;3-5H,1-2H3. The van der Waals surface area contributed by atoms with E-state index in [0.29, 0.717) is 16.8 Å². The highest BCUT2D eigenvalue weighted by Crippen LogP contribution is 2.34. The lowest BCUT2D eigenvalue weighted by atomic mass is 10.0. The van der Waals surface area contributed by atoms with Gasteiger partial charge in [0.15, 0.2) is 0 Å². The van der Waals surface area contributed by atoms with E-state index in [1.54, 1.807) is 93.6 Å². The Morgan fingerprint density at radius 2 is 0.724 bits per heavy atom. The lowest BCUT2D eigenvalue weighted by Gasteiger charge is -2.15. The highest BCUT2D eigenvalue weighted by atomic mass is 35.7. The van der Waals surface area contributed by atoms with Gasteiger partial charge in [0, 0.05) is 16.4 Å². The molecule has 0 aromatic heterocycles. The van der Waals surface area contributed by atoms with E-state index >= 15 is 0 Å².